The van der Waals surface area contributed by atoms with Gasteiger partial charge in [0, 0.05) is 12.1 Å². The number of amides is 1. The minimum atomic E-state index is -3.69. The SMILES string of the molecule is CC(C)(C)OC(=O)N1CC(CCCOc2ccc(S(N)(=O)=O)cc2)CC1(C)C. The van der Waals surface area contributed by atoms with Crippen molar-refractivity contribution >= 4 is 16.1 Å². The summed E-state index contributed by atoms with van der Waals surface area (Å²) in [5.41, 5.74) is -0.727. The predicted octanol–water partition coefficient (Wildman–Crippen LogP) is 3.53. The summed E-state index contributed by atoms with van der Waals surface area (Å²) in [6.07, 6.45) is 2.46. The fraction of sp³-hybridized carbons (Fsp3) is 0.650. The number of ether oxygens (including phenoxy) is 2. The minimum Gasteiger partial charge on any atom is -0.494 e. The lowest BCUT2D eigenvalue weighted by atomic mass is 9.93. The van der Waals surface area contributed by atoms with Crippen LogP contribution in [0.5, 0.6) is 5.75 Å². The van der Waals surface area contributed by atoms with Gasteiger partial charge in [0.05, 0.1) is 11.5 Å². The Kier molecular flexibility index (Phi) is 6.66. The molecule has 1 unspecified atom stereocenters. The largest absolute Gasteiger partial charge is 0.494 e. The molecule has 2 rings (SSSR count). The van der Waals surface area contributed by atoms with E-state index in [9.17, 15) is 13.2 Å². The Morgan fingerprint density at radius 1 is 1.25 bits per heavy atom. The molecular weight excluding hydrogens is 380 g/mol. The maximum atomic E-state index is 12.5. The van der Waals surface area contributed by atoms with E-state index in [1.165, 1.54) is 12.1 Å². The molecule has 0 radical (unpaired) electrons. The fourth-order valence-electron chi connectivity index (χ4n) is 3.51. The number of rotatable bonds is 6. The molecule has 1 saturated heterocycles. The Bertz CT molecular complexity index is 782. The van der Waals surface area contributed by atoms with Gasteiger partial charge in [-0.15, -0.1) is 0 Å². The van der Waals surface area contributed by atoms with Crippen molar-refractivity contribution in [3.8, 4) is 5.75 Å². The molecule has 1 aliphatic rings. The van der Waals surface area contributed by atoms with Crippen molar-refractivity contribution in [1.29, 1.82) is 0 Å². The van der Waals surface area contributed by atoms with Crippen molar-refractivity contribution in [3.05, 3.63) is 24.3 Å². The Morgan fingerprint density at radius 3 is 2.39 bits per heavy atom. The first-order valence-electron chi connectivity index (χ1n) is 9.54. The van der Waals surface area contributed by atoms with E-state index in [-0.39, 0.29) is 16.5 Å². The van der Waals surface area contributed by atoms with Crippen molar-refractivity contribution in [2.75, 3.05) is 13.2 Å². The third-order valence-corrected chi connectivity index (χ3v) is 5.68. The molecule has 0 spiro atoms. The molecule has 0 bridgehead atoms. The van der Waals surface area contributed by atoms with Crippen molar-refractivity contribution in [2.24, 2.45) is 11.1 Å². The maximum absolute atomic E-state index is 12.5. The van der Waals surface area contributed by atoms with E-state index >= 15 is 0 Å². The van der Waals surface area contributed by atoms with Crippen LogP contribution in [0.4, 0.5) is 4.79 Å². The van der Waals surface area contributed by atoms with Gasteiger partial charge in [0.25, 0.3) is 0 Å². The van der Waals surface area contributed by atoms with Crippen LogP contribution in [0.1, 0.15) is 53.9 Å². The zero-order chi connectivity index (χ0) is 21.2. The molecule has 1 aromatic rings. The van der Waals surface area contributed by atoms with Crippen LogP contribution in [-0.4, -0.2) is 43.7 Å². The van der Waals surface area contributed by atoms with Gasteiger partial charge in [0.1, 0.15) is 11.4 Å². The molecule has 1 atom stereocenters. The number of benzene rings is 1. The minimum absolute atomic E-state index is 0.0651. The molecule has 1 heterocycles. The van der Waals surface area contributed by atoms with Gasteiger partial charge in [-0.2, -0.15) is 0 Å². The molecule has 1 amide bonds. The first-order chi connectivity index (χ1) is 12.8. The van der Waals surface area contributed by atoms with Gasteiger partial charge in [-0.1, -0.05) is 0 Å². The number of carbonyl (C=O) groups excluding carboxylic acids is 1. The first kappa shape index (κ1) is 22.5. The highest BCUT2D eigenvalue weighted by Gasteiger charge is 2.42. The van der Waals surface area contributed by atoms with Gasteiger partial charge >= 0.3 is 6.09 Å². The van der Waals surface area contributed by atoms with Crippen LogP contribution in [0, 0.1) is 5.92 Å². The zero-order valence-corrected chi connectivity index (χ0v) is 18.2. The molecule has 1 aliphatic heterocycles. The molecule has 7 nitrogen and oxygen atoms in total. The topological polar surface area (TPSA) is 98.9 Å². The summed E-state index contributed by atoms with van der Waals surface area (Å²) in [5.74, 6) is 1.01. The van der Waals surface area contributed by atoms with Crippen LogP contribution in [0.2, 0.25) is 0 Å². The van der Waals surface area contributed by atoms with Crippen LogP contribution in [0.25, 0.3) is 0 Å². The molecule has 158 valence electrons. The highest BCUT2D eigenvalue weighted by atomic mass is 32.2. The lowest BCUT2D eigenvalue weighted by Gasteiger charge is -2.33. The molecule has 0 aliphatic carbocycles. The number of likely N-dealkylation sites (tertiary alicyclic amines) is 1. The quantitative estimate of drug-likeness (QED) is 0.721. The van der Waals surface area contributed by atoms with Gasteiger partial charge < -0.3 is 14.4 Å². The van der Waals surface area contributed by atoms with E-state index in [1.54, 1.807) is 12.1 Å². The van der Waals surface area contributed by atoms with Crippen molar-refractivity contribution in [1.82, 2.24) is 4.90 Å². The second-order valence-electron chi connectivity index (χ2n) is 8.98. The van der Waals surface area contributed by atoms with Gasteiger partial charge in [-0.25, -0.2) is 18.4 Å². The predicted molar refractivity (Wildman–Crippen MR) is 108 cm³/mol. The fourth-order valence-corrected chi connectivity index (χ4v) is 4.02. The molecule has 1 aromatic carbocycles. The number of sulfonamides is 1. The van der Waals surface area contributed by atoms with Crippen molar-refractivity contribution in [2.45, 2.75) is 69.9 Å². The van der Waals surface area contributed by atoms with E-state index < -0.39 is 15.6 Å². The molecule has 0 saturated carbocycles. The average Bonchev–Trinajstić information content (AvgIpc) is 2.84. The summed E-state index contributed by atoms with van der Waals surface area (Å²) in [5, 5.41) is 5.08. The zero-order valence-electron chi connectivity index (χ0n) is 17.4. The number of nitrogens with zero attached hydrogens (tertiary/aromatic N) is 1. The van der Waals surface area contributed by atoms with Crippen LogP contribution >= 0.6 is 0 Å². The number of hydrogen-bond donors (Lipinski definition) is 1. The lowest BCUT2D eigenvalue weighted by molar-refractivity contribution is 0.0131. The summed E-state index contributed by atoms with van der Waals surface area (Å²) in [6.45, 7) is 11.0. The molecule has 2 N–H and O–H groups in total. The van der Waals surface area contributed by atoms with E-state index in [0.717, 1.165) is 19.3 Å². The van der Waals surface area contributed by atoms with E-state index in [0.29, 0.717) is 24.8 Å². The molecular formula is C20H32N2O5S. The average molecular weight is 413 g/mol. The summed E-state index contributed by atoms with van der Waals surface area (Å²) < 4.78 is 33.7. The molecule has 0 aromatic heterocycles. The second-order valence-corrected chi connectivity index (χ2v) is 10.5. The normalized spacial score (nSPS) is 19.5. The monoisotopic (exact) mass is 412 g/mol. The summed E-state index contributed by atoms with van der Waals surface area (Å²) >= 11 is 0. The molecule has 8 heteroatoms. The van der Waals surface area contributed by atoms with Gasteiger partial charge in [-0.3, -0.25) is 0 Å². The van der Waals surface area contributed by atoms with Gasteiger partial charge in [-0.05, 0) is 84.1 Å². The Morgan fingerprint density at radius 2 is 1.86 bits per heavy atom. The summed E-state index contributed by atoms with van der Waals surface area (Å²) in [6, 6.07) is 6.07. The van der Waals surface area contributed by atoms with Gasteiger partial charge in [0.2, 0.25) is 10.0 Å². The van der Waals surface area contributed by atoms with Crippen LogP contribution in [0.3, 0.4) is 0 Å². The smallest absolute Gasteiger partial charge is 0.410 e. The van der Waals surface area contributed by atoms with E-state index in [1.807, 2.05) is 25.7 Å². The Labute approximate surface area is 168 Å². The first-order valence-corrected chi connectivity index (χ1v) is 11.1. The highest BCUT2D eigenvalue weighted by molar-refractivity contribution is 7.89. The molecule has 1 fully saturated rings. The second kappa shape index (κ2) is 8.29. The van der Waals surface area contributed by atoms with Crippen molar-refractivity contribution < 1.29 is 22.7 Å². The highest BCUT2D eigenvalue weighted by Crippen LogP contribution is 2.36. The third-order valence-electron chi connectivity index (χ3n) is 4.75. The van der Waals surface area contributed by atoms with Crippen LogP contribution < -0.4 is 9.88 Å². The van der Waals surface area contributed by atoms with E-state index in [4.69, 9.17) is 14.6 Å². The van der Waals surface area contributed by atoms with Crippen LogP contribution in [0.15, 0.2) is 29.2 Å². The number of carbonyl (C=O) groups is 1. The number of hydrogen-bond acceptors (Lipinski definition) is 5. The van der Waals surface area contributed by atoms with Crippen molar-refractivity contribution in [3.63, 3.8) is 0 Å². The summed E-state index contributed by atoms with van der Waals surface area (Å²) in [4.78, 5) is 14.4. The third kappa shape index (κ3) is 6.38. The number of primary sulfonamides is 1. The van der Waals surface area contributed by atoms with Crippen LogP contribution in [-0.2, 0) is 14.8 Å². The maximum Gasteiger partial charge on any atom is 0.410 e. The van der Waals surface area contributed by atoms with E-state index in [2.05, 4.69) is 13.8 Å². The summed E-state index contributed by atoms with van der Waals surface area (Å²) in [7, 11) is -3.69. The molecule has 28 heavy (non-hydrogen) atoms. The standard InChI is InChI=1S/C20H32N2O5S/c1-19(2,3)27-18(23)22-14-15(13-20(22,4)5)7-6-12-26-16-8-10-17(11-9-16)28(21,24)25/h8-11,15H,6-7,12-14H2,1-5H3,(H2,21,24,25). The number of nitrogens with two attached hydrogens (primary N) is 1. The Hall–Kier alpha value is -1.80. The lowest BCUT2D eigenvalue weighted by Crippen LogP contribution is -2.45. The Balaban J connectivity index is 1.80. The van der Waals surface area contributed by atoms with Gasteiger partial charge in [0.15, 0.2) is 0 Å².